The maximum absolute atomic E-state index is 13.1. The van der Waals surface area contributed by atoms with Gasteiger partial charge >= 0.3 is 0 Å². The highest BCUT2D eigenvalue weighted by molar-refractivity contribution is 6.30. The summed E-state index contributed by atoms with van der Waals surface area (Å²) in [6.45, 7) is 2.55. The Bertz CT molecular complexity index is 948. The molecule has 0 aliphatic carbocycles. The van der Waals surface area contributed by atoms with E-state index in [2.05, 4.69) is 5.32 Å². The molecule has 164 valence electrons. The number of hydrogen-bond donors (Lipinski definition) is 1. The lowest BCUT2D eigenvalue weighted by Crippen LogP contribution is -2.51. The maximum atomic E-state index is 13.1. The van der Waals surface area contributed by atoms with E-state index in [4.69, 9.17) is 16.3 Å². The molecule has 1 unspecified atom stereocenters. The number of piperidine rings is 1. The topological polar surface area (TPSA) is 58.6 Å². The van der Waals surface area contributed by atoms with Gasteiger partial charge in [-0.15, -0.1) is 0 Å². The molecule has 0 radical (unpaired) electrons. The van der Waals surface area contributed by atoms with Crippen LogP contribution in [0.25, 0.3) is 0 Å². The van der Waals surface area contributed by atoms with Gasteiger partial charge < -0.3 is 15.0 Å². The van der Waals surface area contributed by atoms with Crippen LogP contribution in [0.1, 0.15) is 59.2 Å². The third-order valence-corrected chi connectivity index (χ3v) is 6.62. The Balaban J connectivity index is 1.53. The highest BCUT2D eigenvalue weighted by Gasteiger charge is 2.37. The first-order valence-electron chi connectivity index (χ1n) is 11.1. The Morgan fingerprint density at radius 1 is 1.03 bits per heavy atom. The molecule has 0 bridgehead atoms. The van der Waals surface area contributed by atoms with Gasteiger partial charge in [-0.05, 0) is 56.0 Å². The predicted octanol–water partition coefficient (Wildman–Crippen LogP) is 4.95. The zero-order chi connectivity index (χ0) is 21.7. The van der Waals surface area contributed by atoms with Crippen LogP contribution in [0.5, 0.6) is 5.75 Å². The Hall–Kier alpha value is -2.53. The van der Waals surface area contributed by atoms with Crippen LogP contribution in [-0.2, 0) is 0 Å². The van der Waals surface area contributed by atoms with E-state index in [1.54, 1.807) is 18.2 Å². The van der Waals surface area contributed by atoms with Gasteiger partial charge in [0.05, 0.1) is 12.2 Å². The molecule has 1 atom stereocenters. The van der Waals surface area contributed by atoms with Gasteiger partial charge in [-0.1, -0.05) is 42.6 Å². The summed E-state index contributed by atoms with van der Waals surface area (Å²) in [6.07, 6.45) is 6.00. The summed E-state index contributed by atoms with van der Waals surface area (Å²) in [7, 11) is 0. The van der Waals surface area contributed by atoms with E-state index in [9.17, 15) is 9.59 Å². The van der Waals surface area contributed by atoms with Crippen molar-refractivity contribution in [1.82, 2.24) is 10.2 Å². The number of benzene rings is 2. The summed E-state index contributed by atoms with van der Waals surface area (Å²) in [5, 5.41) is 3.71. The van der Waals surface area contributed by atoms with Crippen molar-refractivity contribution in [2.24, 2.45) is 5.41 Å². The van der Waals surface area contributed by atoms with E-state index in [1.165, 1.54) is 0 Å². The molecule has 6 heteroatoms. The van der Waals surface area contributed by atoms with Gasteiger partial charge in [-0.3, -0.25) is 9.59 Å². The molecule has 31 heavy (non-hydrogen) atoms. The van der Waals surface area contributed by atoms with Crippen LogP contribution in [0.4, 0.5) is 0 Å². The van der Waals surface area contributed by atoms with Crippen LogP contribution < -0.4 is 10.1 Å². The number of rotatable bonds is 1. The molecule has 1 saturated heterocycles. The van der Waals surface area contributed by atoms with Crippen LogP contribution >= 0.6 is 11.6 Å². The minimum atomic E-state index is -0.117. The third-order valence-electron chi connectivity index (χ3n) is 6.38. The number of para-hydroxylation sites is 1. The number of nitrogens with zero attached hydrogens (tertiary/aromatic N) is 1. The van der Waals surface area contributed by atoms with Crippen molar-refractivity contribution in [3.63, 3.8) is 0 Å². The van der Waals surface area contributed by atoms with Gasteiger partial charge in [0.2, 0.25) is 0 Å². The van der Waals surface area contributed by atoms with Crippen molar-refractivity contribution in [3.05, 3.63) is 64.7 Å². The normalized spacial score (nSPS) is 22.5. The highest BCUT2D eigenvalue weighted by Crippen LogP contribution is 2.36. The van der Waals surface area contributed by atoms with Crippen molar-refractivity contribution in [3.8, 4) is 5.75 Å². The Kier molecular flexibility index (Phi) is 6.81. The molecular formula is C25H29ClN2O3. The van der Waals surface area contributed by atoms with E-state index >= 15 is 0 Å². The second kappa shape index (κ2) is 9.73. The number of amides is 2. The third kappa shape index (κ3) is 5.21. The molecule has 2 heterocycles. The van der Waals surface area contributed by atoms with E-state index in [-0.39, 0.29) is 17.2 Å². The van der Waals surface area contributed by atoms with Crippen LogP contribution in [-0.4, -0.2) is 43.0 Å². The van der Waals surface area contributed by atoms with Crippen LogP contribution in [0.15, 0.2) is 48.5 Å². The first-order valence-corrected chi connectivity index (χ1v) is 11.5. The molecule has 2 amide bonds. The number of ether oxygens (including phenoxy) is 1. The van der Waals surface area contributed by atoms with Crippen molar-refractivity contribution >= 4 is 23.4 Å². The van der Waals surface area contributed by atoms with Crippen molar-refractivity contribution < 1.29 is 14.3 Å². The lowest BCUT2D eigenvalue weighted by atomic mass is 9.75. The average Bonchev–Trinajstić information content (AvgIpc) is 2.79. The first kappa shape index (κ1) is 21.7. The summed E-state index contributed by atoms with van der Waals surface area (Å²) in [5.41, 5.74) is 1.07. The van der Waals surface area contributed by atoms with Crippen molar-refractivity contribution in [1.29, 1.82) is 0 Å². The van der Waals surface area contributed by atoms with E-state index in [0.29, 0.717) is 41.6 Å². The molecule has 0 aromatic heterocycles. The molecule has 0 saturated carbocycles. The predicted molar refractivity (Wildman–Crippen MR) is 122 cm³/mol. The Morgan fingerprint density at radius 3 is 2.74 bits per heavy atom. The molecule has 2 aliphatic rings. The lowest BCUT2D eigenvalue weighted by molar-refractivity contribution is 0.0468. The van der Waals surface area contributed by atoms with Gasteiger partial charge in [-0.25, -0.2) is 0 Å². The van der Waals surface area contributed by atoms with Crippen LogP contribution in [0.2, 0.25) is 5.02 Å². The highest BCUT2D eigenvalue weighted by atomic mass is 35.5. The van der Waals surface area contributed by atoms with Gasteiger partial charge in [0.25, 0.3) is 11.8 Å². The fraction of sp³-hybridized carbons (Fsp3) is 0.440. The number of nitrogens with one attached hydrogen (secondary N) is 1. The Labute approximate surface area is 188 Å². The number of hydrogen-bond acceptors (Lipinski definition) is 3. The summed E-state index contributed by atoms with van der Waals surface area (Å²) in [4.78, 5) is 28.0. The SMILES string of the molecule is O=C1NCC2(CCCCCOc3ccccc31)CCCN(C(=O)c1cccc(Cl)c1)C2. The maximum Gasteiger partial charge on any atom is 0.255 e. The summed E-state index contributed by atoms with van der Waals surface area (Å²) < 4.78 is 5.85. The van der Waals surface area contributed by atoms with Crippen molar-refractivity contribution in [2.45, 2.75) is 38.5 Å². The summed E-state index contributed by atoms with van der Waals surface area (Å²) in [6, 6.07) is 14.5. The second-order valence-corrected chi connectivity index (χ2v) is 9.12. The van der Waals surface area contributed by atoms with Gasteiger partial charge in [0, 0.05) is 35.6 Å². The standard InChI is InChI=1S/C25H29ClN2O3/c26-20-9-6-8-19(16-20)24(30)28-14-7-13-25(18-28)12-4-1-5-15-31-22-11-3-2-10-21(22)23(29)27-17-25/h2-3,6,8-11,16H,1,4-5,7,12-15,17-18H2,(H,27,29). The molecule has 2 aliphatic heterocycles. The molecule has 4 rings (SSSR count). The largest absolute Gasteiger partial charge is 0.493 e. The zero-order valence-corrected chi connectivity index (χ0v) is 18.5. The monoisotopic (exact) mass is 440 g/mol. The van der Waals surface area contributed by atoms with Gasteiger partial charge in [0.15, 0.2) is 0 Å². The zero-order valence-electron chi connectivity index (χ0n) is 17.7. The smallest absolute Gasteiger partial charge is 0.255 e. The second-order valence-electron chi connectivity index (χ2n) is 8.68. The van der Waals surface area contributed by atoms with E-state index in [0.717, 1.165) is 45.1 Å². The molecular weight excluding hydrogens is 412 g/mol. The fourth-order valence-electron chi connectivity index (χ4n) is 4.73. The first-order chi connectivity index (χ1) is 15.1. The Morgan fingerprint density at radius 2 is 1.87 bits per heavy atom. The quantitative estimate of drug-likeness (QED) is 0.682. The minimum absolute atomic E-state index is 0.0118. The van der Waals surface area contributed by atoms with E-state index in [1.807, 2.05) is 35.2 Å². The number of carbonyl (C=O) groups excluding carboxylic acids is 2. The molecule has 2 aromatic carbocycles. The molecule has 1 spiro atoms. The number of fused-ring (bicyclic) bond motifs is 1. The molecule has 2 aromatic rings. The molecule has 1 fully saturated rings. The fourth-order valence-corrected chi connectivity index (χ4v) is 4.92. The van der Waals surface area contributed by atoms with E-state index < -0.39 is 0 Å². The summed E-state index contributed by atoms with van der Waals surface area (Å²) in [5.74, 6) is 0.530. The van der Waals surface area contributed by atoms with Gasteiger partial charge in [-0.2, -0.15) is 0 Å². The van der Waals surface area contributed by atoms with Crippen LogP contribution in [0.3, 0.4) is 0 Å². The van der Waals surface area contributed by atoms with Crippen LogP contribution in [0, 0.1) is 5.41 Å². The number of halogens is 1. The average molecular weight is 441 g/mol. The lowest BCUT2D eigenvalue weighted by Gasteiger charge is -2.43. The molecule has 5 nitrogen and oxygen atoms in total. The minimum Gasteiger partial charge on any atom is -0.493 e. The number of likely N-dealkylation sites (tertiary alicyclic amines) is 1. The molecule has 1 N–H and O–H groups in total. The van der Waals surface area contributed by atoms with Gasteiger partial charge in [0.1, 0.15) is 5.75 Å². The summed E-state index contributed by atoms with van der Waals surface area (Å²) >= 11 is 6.10. The number of carbonyl (C=O) groups is 2. The van der Waals surface area contributed by atoms with Crippen molar-refractivity contribution in [2.75, 3.05) is 26.2 Å².